The van der Waals surface area contributed by atoms with Crippen molar-refractivity contribution in [1.82, 2.24) is 10.2 Å². The molecule has 1 aliphatic heterocycles. The highest BCUT2D eigenvalue weighted by Gasteiger charge is 2.29. The van der Waals surface area contributed by atoms with E-state index in [9.17, 15) is 0 Å². The van der Waals surface area contributed by atoms with Gasteiger partial charge in [-0.05, 0) is 59.9 Å². The number of nitrogens with zero attached hydrogens (tertiary/aromatic N) is 1. The highest BCUT2D eigenvalue weighted by atomic mass is 15.2. The number of hydrogen-bond donors (Lipinski definition) is 1. The van der Waals surface area contributed by atoms with Crippen LogP contribution in [0.25, 0.3) is 0 Å². The third-order valence-corrected chi connectivity index (χ3v) is 3.62. The third kappa shape index (κ3) is 4.42. The number of nitrogens with one attached hydrogen (secondary N) is 1. The first kappa shape index (κ1) is 14.0. The van der Waals surface area contributed by atoms with E-state index in [-0.39, 0.29) is 5.54 Å². The molecule has 0 radical (unpaired) electrons. The van der Waals surface area contributed by atoms with Gasteiger partial charge in [0.05, 0.1) is 0 Å². The van der Waals surface area contributed by atoms with Gasteiger partial charge in [0.25, 0.3) is 0 Å². The van der Waals surface area contributed by atoms with E-state index in [1.54, 1.807) is 0 Å². The minimum atomic E-state index is 0.254. The van der Waals surface area contributed by atoms with Gasteiger partial charge in [-0.25, -0.2) is 0 Å². The second-order valence-electron chi connectivity index (χ2n) is 6.70. The van der Waals surface area contributed by atoms with Crippen molar-refractivity contribution in [1.29, 1.82) is 0 Å². The lowest BCUT2D eigenvalue weighted by molar-refractivity contribution is 0.187. The first-order valence-electron chi connectivity index (χ1n) is 6.80. The van der Waals surface area contributed by atoms with Crippen molar-refractivity contribution in [2.45, 2.75) is 72.0 Å². The van der Waals surface area contributed by atoms with Crippen LogP contribution in [0.3, 0.4) is 0 Å². The van der Waals surface area contributed by atoms with Crippen LogP contribution in [0.4, 0.5) is 0 Å². The largest absolute Gasteiger partial charge is 0.312 e. The molecule has 1 rings (SSSR count). The van der Waals surface area contributed by atoms with Crippen LogP contribution in [0.5, 0.6) is 0 Å². The fraction of sp³-hybridized carbons (Fsp3) is 1.00. The Hall–Kier alpha value is -0.0800. The lowest BCUT2D eigenvalue weighted by Gasteiger charge is -2.30. The van der Waals surface area contributed by atoms with Crippen molar-refractivity contribution in [3.05, 3.63) is 0 Å². The van der Waals surface area contributed by atoms with Crippen LogP contribution in [0.1, 0.15) is 54.4 Å². The highest BCUT2D eigenvalue weighted by molar-refractivity contribution is 4.84. The molecule has 1 aliphatic rings. The topological polar surface area (TPSA) is 15.3 Å². The smallest absolute Gasteiger partial charge is 0.00965 e. The summed E-state index contributed by atoms with van der Waals surface area (Å²) in [5.74, 6) is 0.882. The molecule has 3 atom stereocenters. The maximum atomic E-state index is 3.58. The predicted molar refractivity (Wildman–Crippen MR) is 71.8 cm³/mol. The van der Waals surface area contributed by atoms with Crippen LogP contribution in [-0.2, 0) is 0 Å². The van der Waals surface area contributed by atoms with Crippen LogP contribution in [0.15, 0.2) is 0 Å². The van der Waals surface area contributed by atoms with E-state index in [1.807, 2.05) is 0 Å². The van der Waals surface area contributed by atoms with Gasteiger partial charge in [-0.2, -0.15) is 0 Å². The van der Waals surface area contributed by atoms with Gasteiger partial charge in [0.1, 0.15) is 0 Å². The number of hydrogen-bond acceptors (Lipinski definition) is 2. The molecule has 0 amide bonds. The Morgan fingerprint density at radius 3 is 2.38 bits per heavy atom. The van der Waals surface area contributed by atoms with Crippen molar-refractivity contribution in [3.8, 4) is 0 Å². The first-order valence-corrected chi connectivity index (χ1v) is 6.80. The van der Waals surface area contributed by atoms with Crippen LogP contribution in [-0.4, -0.2) is 35.6 Å². The summed E-state index contributed by atoms with van der Waals surface area (Å²) in [6.45, 7) is 16.2. The van der Waals surface area contributed by atoms with Crippen molar-refractivity contribution in [2.24, 2.45) is 5.92 Å². The molecule has 2 heteroatoms. The van der Waals surface area contributed by atoms with Crippen LogP contribution >= 0.6 is 0 Å². The molecular formula is C14H30N2. The fourth-order valence-electron chi connectivity index (χ4n) is 2.77. The number of likely N-dealkylation sites (tertiary alicyclic amines) is 1. The van der Waals surface area contributed by atoms with Gasteiger partial charge in [0, 0.05) is 24.2 Å². The molecule has 1 N–H and O–H groups in total. The van der Waals surface area contributed by atoms with Gasteiger partial charge < -0.3 is 5.32 Å². The Morgan fingerprint density at radius 1 is 1.31 bits per heavy atom. The SMILES string of the molecule is CC1CC(C)N(C(C)CCNC(C)(C)C)C1. The molecule has 2 nitrogen and oxygen atoms in total. The van der Waals surface area contributed by atoms with Crippen molar-refractivity contribution in [2.75, 3.05) is 13.1 Å². The second-order valence-corrected chi connectivity index (χ2v) is 6.70. The van der Waals surface area contributed by atoms with E-state index in [1.165, 1.54) is 19.4 Å². The van der Waals surface area contributed by atoms with Crippen molar-refractivity contribution >= 4 is 0 Å². The van der Waals surface area contributed by atoms with Gasteiger partial charge in [0.2, 0.25) is 0 Å². The van der Waals surface area contributed by atoms with E-state index in [4.69, 9.17) is 0 Å². The molecule has 96 valence electrons. The summed E-state index contributed by atoms with van der Waals surface area (Å²) in [5, 5.41) is 3.58. The molecule has 0 bridgehead atoms. The Bertz CT molecular complexity index is 207. The zero-order valence-electron chi connectivity index (χ0n) is 12.0. The standard InChI is InChI=1S/C14H30N2/c1-11-9-13(3)16(10-11)12(2)7-8-15-14(4,5)6/h11-13,15H,7-10H2,1-6H3. The summed E-state index contributed by atoms with van der Waals surface area (Å²) < 4.78 is 0. The molecule has 1 fully saturated rings. The molecule has 0 aromatic carbocycles. The van der Waals surface area contributed by atoms with Crippen LogP contribution < -0.4 is 5.32 Å². The zero-order valence-corrected chi connectivity index (χ0v) is 12.0. The van der Waals surface area contributed by atoms with Gasteiger partial charge in [0.15, 0.2) is 0 Å². The number of rotatable bonds is 4. The zero-order chi connectivity index (χ0) is 12.3. The Kier molecular flexibility index (Phi) is 4.81. The van der Waals surface area contributed by atoms with Crippen LogP contribution in [0, 0.1) is 5.92 Å². The van der Waals surface area contributed by atoms with E-state index in [0.29, 0.717) is 0 Å². The molecule has 1 heterocycles. The normalized spacial score (nSPS) is 29.6. The molecular weight excluding hydrogens is 196 g/mol. The summed E-state index contributed by atoms with van der Waals surface area (Å²) in [4.78, 5) is 2.68. The maximum absolute atomic E-state index is 3.58. The van der Waals surface area contributed by atoms with E-state index < -0.39 is 0 Å². The van der Waals surface area contributed by atoms with Gasteiger partial charge in [-0.15, -0.1) is 0 Å². The average molecular weight is 226 g/mol. The summed E-state index contributed by atoms with van der Waals surface area (Å²) >= 11 is 0. The van der Waals surface area contributed by atoms with Crippen LogP contribution in [0.2, 0.25) is 0 Å². The summed E-state index contributed by atoms with van der Waals surface area (Å²) in [6.07, 6.45) is 2.63. The quantitative estimate of drug-likeness (QED) is 0.793. The average Bonchev–Trinajstić information content (AvgIpc) is 2.43. The van der Waals surface area contributed by atoms with E-state index in [2.05, 4.69) is 51.8 Å². The minimum Gasteiger partial charge on any atom is -0.312 e. The molecule has 3 unspecified atom stereocenters. The summed E-state index contributed by atoms with van der Waals surface area (Å²) in [7, 11) is 0. The molecule has 0 aromatic rings. The molecule has 0 aliphatic carbocycles. The van der Waals surface area contributed by atoms with Gasteiger partial charge >= 0.3 is 0 Å². The lowest BCUT2D eigenvalue weighted by atomic mass is 10.1. The van der Waals surface area contributed by atoms with E-state index in [0.717, 1.165) is 24.5 Å². The molecule has 0 spiro atoms. The van der Waals surface area contributed by atoms with Gasteiger partial charge in [-0.3, -0.25) is 4.90 Å². The monoisotopic (exact) mass is 226 g/mol. The molecule has 0 aromatic heterocycles. The molecule has 0 saturated carbocycles. The van der Waals surface area contributed by atoms with Gasteiger partial charge in [-0.1, -0.05) is 6.92 Å². The first-order chi connectivity index (χ1) is 7.29. The lowest BCUT2D eigenvalue weighted by Crippen LogP contribution is -2.41. The van der Waals surface area contributed by atoms with Crippen molar-refractivity contribution < 1.29 is 0 Å². The second kappa shape index (κ2) is 5.50. The highest BCUT2D eigenvalue weighted by Crippen LogP contribution is 2.25. The summed E-state index contributed by atoms with van der Waals surface area (Å²) in [5.41, 5.74) is 0.254. The fourth-order valence-corrected chi connectivity index (χ4v) is 2.77. The molecule has 1 saturated heterocycles. The Balaban J connectivity index is 2.27. The predicted octanol–water partition coefficient (Wildman–Crippen LogP) is 2.88. The maximum Gasteiger partial charge on any atom is 0.00965 e. The molecule has 16 heavy (non-hydrogen) atoms. The Labute approximate surface area is 102 Å². The summed E-state index contributed by atoms with van der Waals surface area (Å²) in [6, 6.07) is 1.49. The van der Waals surface area contributed by atoms with E-state index >= 15 is 0 Å². The Morgan fingerprint density at radius 2 is 1.94 bits per heavy atom. The van der Waals surface area contributed by atoms with Crippen molar-refractivity contribution in [3.63, 3.8) is 0 Å². The third-order valence-electron chi connectivity index (χ3n) is 3.62. The minimum absolute atomic E-state index is 0.254.